The monoisotopic (exact) mass is 336 g/mol. The highest BCUT2D eigenvalue weighted by atomic mass is 16.5. The van der Waals surface area contributed by atoms with Gasteiger partial charge in [-0.1, -0.05) is 17.7 Å². The van der Waals surface area contributed by atoms with E-state index in [0.717, 1.165) is 16.5 Å². The Labute approximate surface area is 145 Å². The smallest absolute Gasteiger partial charge is 0.253 e. The molecule has 1 N–H and O–H groups in total. The third-order valence-corrected chi connectivity index (χ3v) is 4.15. The minimum Gasteiger partial charge on any atom is -0.497 e. The van der Waals surface area contributed by atoms with E-state index in [9.17, 15) is 9.59 Å². The van der Waals surface area contributed by atoms with Gasteiger partial charge in [-0.2, -0.15) is 0 Å². The molecule has 0 atom stereocenters. The molecular formula is C20H20N2O3. The van der Waals surface area contributed by atoms with E-state index in [0.29, 0.717) is 17.0 Å². The Hall–Kier alpha value is -3.08. The summed E-state index contributed by atoms with van der Waals surface area (Å²) >= 11 is 0. The number of ether oxygens (including phenoxy) is 1. The summed E-state index contributed by atoms with van der Waals surface area (Å²) in [6, 6.07) is 14.9. The number of carbonyl (C=O) groups excluding carboxylic acids is 1. The fraction of sp³-hybridized carbons (Fsp3) is 0.200. The molecule has 2 aromatic carbocycles. The number of amides is 1. The topological polar surface area (TPSA) is 62.4 Å². The summed E-state index contributed by atoms with van der Waals surface area (Å²) in [5, 5.41) is 0.948. The summed E-state index contributed by atoms with van der Waals surface area (Å²) in [7, 11) is 1.58. The summed E-state index contributed by atoms with van der Waals surface area (Å²) in [4.78, 5) is 29.0. The lowest BCUT2D eigenvalue weighted by Crippen LogP contribution is -2.30. The molecule has 1 heterocycles. The Kier molecular flexibility index (Phi) is 4.57. The van der Waals surface area contributed by atoms with E-state index in [-0.39, 0.29) is 18.0 Å². The summed E-state index contributed by atoms with van der Waals surface area (Å²) < 4.78 is 5.22. The minimum atomic E-state index is -0.189. The fourth-order valence-corrected chi connectivity index (χ4v) is 2.82. The number of aromatic amines is 1. The third-order valence-electron chi connectivity index (χ3n) is 4.15. The molecule has 0 bridgehead atoms. The van der Waals surface area contributed by atoms with Crippen molar-refractivity contribution in [3.05, 3.63) is 70.0 Å². The molecular weight excluding hydrogens is 316 g/mol. The molecule has 1 aromatic heterocycles. The third kappa shape index (κ3) is 3.55. The molecule has 128 valence electrons. The predicted octanol–water partition coefficient (Wildman–Crippen LogP) is 3.40. The van der Waals surface area contributed by atoms with Gasteiger partial charge in [-0.25, -0.2) is 0 Å². The molecule has 1 amide bonds. The standard InChI is InChI=1S/C20H20N2O3/c1-13-7-8-19-15(9-13)10-16(20(24)21-19)12-22(14(2)23)17-5-4-6-18(11-17)25-3/h4-11H,12H2,1-3H3,(H,21,24). The van der Waals surface area contributed by atoms with Crippen molar-refractivity contribution in [2.24, 2.45) is 0 Å². The zero-order chi connectivity index (χ0) is 18.0. The van der Waals surface area contributed by atoms with E-state index < -0.39 is 0 Å². The average molecular weight is 336 g/mol. The molecule has 0 unspecified atom stereocenters. The van der Waals surface area contributed by atoms with Gasteiger partial charge >= 0.3 is 0 Å². The maximum Gasteiger partial charge on any atom is 0.253 e. The molecule has 0 aliphatic heterocycles. The van der Waals surface area contributed by atoms with Crippen LogP contribution in [0.4, 0.5) is 5.69 Å². The van der Waals surface area contributed by atoms with Crippen LogP contribution >= 0.6 is 0 Å². The minimum absolute atomic E-state index is 0.142. The Balaban J connectivity index is 2.02. The number of hydrogen-bond donors (Lipinski definition) is 1. The molecule has 3 rings (SSSR count). The molecule has 0 radical (unpaired) electrons. The number of H-pyrrole nitrogens is 1. The number of aromatic nitrogens is 1. The van der Waals surface area contributed by atoms with Crippen LogP contribution in [-0.4, -0.2) is 18.0 Å². The van der Waals surface area contributed by atoms with E-state index in [2.05, 4.69) is 4.98 Å². The molecule has 0 aliphatic carbocycles. The summed E-state index contributed by atoms with van der Waals surface area (Å²) in [6.45, 7) is 3.68. The second-order valence-electron chi connectivity index (χ2n) is 6.02. The van der Waals surface area contributed by atoms with Crippen LogP contribution in [0.1, 0.15) is 18.1 Å². The first-order valence-electron chi connectivity index (χ1n) is 8.02. The van der Waals surface area contributed by atoms with E-state index in [4.69, 9.17) is 4.74 Å². The lowest BCUT2D eigenvalue weighted by atomic mass is 10.1. The lowest BCUT2D eigenvalue weighted by Gasteiger charge is -2.21. The molecule has 3 aromatic rings. The summed E-state index contributed by atoms with van der Waals surface area (Å²) in [5.41, 5.74) is 2.94. The highest BCUT2D eigenvalue weighted by Crippen LogP contribution is 2.23. The lowest BCUT2D eigenvalue weighted by molar-refractivity contribution is -0.116. The normalized spacial score (nSPS) is 10.7. The van der Waals surface area contributed by atoms with Crippen LogP contribution < -0.4 is 15.2 Å². The van der Waals surface area contributed by atoms with Gasteiger partial charge in [0.2, 0.25) is 5.91 Å². The maximum atomic E-state index is 12.4. The zero-order valence-electron chi connectivity index (χ0n) is 14.5. The number of carbonyl (C=O) groups is 1. The van der Waals surface area contributed by atoms with Gasteiger partial charge in [0.1, 0.15) is 5.75 Å². The summed E-state index contributed by atoms with van der Waals surface area (Å²) in [6.07, 6.45) is 0. The van der Waals surface area contributed by atoms with Gasteiger partial charge in [-0.05, 0) is 42.6 Å². The van der Waals surface area contributed by atoms with Crippen LogP contribution in [-0.2, 0) is 11.3 Å². The first-order valence-corrected chi connectivity index (χ1v) is 8.02. The van der Waals surface area contributed by atoms with Crippen molar-refractivity contribution in [1.82, 2.24) is 4.98 Å². The van der Waals surface area contributed by atoms with Crippen molar-refractivity contribution in [3.63, 3.8) is 0 Å². The Morgan fingerprint density at radius 3 is 2.68 bits per heavy atom. The van der Waals surface area contributed by atoms with E-state index in [1.54, 1.807) is 18.1 Å². The van der Waals surface area contributed by atoms with Crippen molar-refractivity contribution >= 4 is 22.5 Å². The average Bonchev–Trinajstić information content (AvgIpc) is 2.60. The van der Waals surface area contributed by atoms with Gasteiger partial charge in [0, 0.05) is 29.8 Å². The second-order valence-corrected chi connectivity index (χ2v) is 6.02. The highest BCUT2D eigenvalue weighted by molar-refractivity contribution is 5.91. The van der Waals surface area contributed by atoms with Crippen molar-refractivity contribution in [2.45, 2.75) is 20.4 Å². The Morgan fingerprint density at radius 1 is 1.16 bits per heavy atom. The number of hydrogen-bond acceptors (Lipinski definition) is 3. The summed E-state index contributed by atoms with van der Waals surface area (Å²) in [5.74, 6) is 0.517. The quantitative estimate of drug-likeness (QED) is 0.794. The number of nitrogens with zero attached hydrogens (tertiary/aromatic N) is 1. The van der Waals surface area contributed by atoms with Crippen LogP contribution in [0.15, 0.2) is 53.3 Å². The molecule has 0 saturated heterocycles. The first-order chi connectivity index (χ1) is 12.0. The molecule has 25 heavy (non-hydrogen) atoms. The number of aryl methyl sites for hydroxylation is 1. The number of methoxy groups -OCH3 is 1. The number of fused-ring (bicyclic) bond motifs is 1. The van der Waals surface area contributed by atoms with Crippen LogP contribution in [0.25, 0.3) is 10.9 Å². The molecule has 0 aliphatic rings. The Morgan fingerprint density at radius 2 is 1.96 bits per heavy atom. The first kappa shape index (κ1) is 16.8. The van der Waals surface area contributed by atoms with E-state index >= 15 is 0 Å². The van der Waals surface area contributed by atoms with Gasteiger partial charge in [-0.3, -0.25) is 9.59 Å². The maximum absolute atomic E-state index is 12.4. The zero-order valence-corrected chi connectivity index (χ0v) is 14.5. The van der Waals surface area contributed by atoms with Crippen molar-refractivity contribution in [1.29, 1.82) is 0 Å². The predicted molar refractivity (Wildman–Crippen MR) is 99.2 cm³/mol. The van der Waals surface area contributed by atoms with E-state index in [1.165, 1.54) is 6.92 Å². The van der Waals surface area contributed by atoms with Crippen LogP contribution in [0.2, 0.25) is 0 Å². The van der Waals surface area contributed by atoms with Gasteiger partial charge in [0.05, 0.1) is 13.7 Å². The van der Waals surface area contributed by atoms with Crippen LogP contribution in [0, 0.1) is 6.92 Å². The molecule has 0 fully saturated rings. The van der Waals surface area contributed by atoms with Crippen molar-refractivity contribution in [3.8, 4) is 5.75 Å². The van der Waals surface area contributed by atoms with Gasteiger partial charge in [-0.15, -0.1) is 0 Å². The number of pyridine rings is 1. The molecule has 0 saturated carbocycles. The molecule has 0 spiro atoms. The molecule has 5 nitrogen and oxygen atoms in total. The number of benzene rings is 2. The largest absolute Gasteiger partial charge is 0.497 e. The highest BCUT2D eigenvalue weighted by Gasteiger charge is 2.15. The van der Waals surface area contributed by atoms with Gasteiger partial charge in [0.25, 0.3) is 5.56 Å². The number of rotatable bonds is 4. The van der Waals surface area contributed by atoms with Crippen molar-refractivity contribution < 1.29 is 9.53 Å². The van der Waals surface area contributed by atoms with E-state index in [1.807, 2.05) is 49.4 Å². The fourth-order valence-electron chi connectivity index (χ4n) is 2.82. The van der Waals surface area contributed by atoms with Gasteiger partial charge < -0.3 is 14.6 Å². The van der Waals surface area contributed by atoms with Gasteiger partial charge in [0.15, 0.2) is 0 Å². The number of anilines is 1. The SMILES string of the molecule is COc1cccc(N(Cc2cc3cc(C)ccc3[nH]c2=O)C(C)=O)c1. The van der Waals surface area contributed by atoms with Crippen molar-refractivity contribution in [2.75, 3.05) is 12.0 Å². The molecule has 5 heteroatoms. The second kappa shape index (κ2) is 6.81. The van der Waals surface area contributed by atoms with Crippen LogP contribution in [0.5, 0.6) is 5.75 Å². The Bertz CT molecular complexity index is 992. The number of nitrogens with one attached hydrogen (secondary N) is 1. The van der Waals surface area contributed by atoms with Crippen LogP contribution in [0.3, 0.4) is 0 Å².